The van der Waals surface area contributed by atoms with Crippen molar-refractivity contribution in [3.05, 3.63) is 158 Å². The molecule has 236 valence electrons. The van der Waals surface area contributed by atoms with Crippen molar-refractivity contribution >= 4 is 98.1 Å². The predicted molar refractivity (Wildman–Crippen MR) is 212 cm³/mol. The summed E-state index contributed by atoms with van der Waals surface area (Å²) in [5, 5.41) is 13.7. The molecule has 0 amide bonds. The lowest BCUT2D eigenvalue weighted by atomic mass is 9.85. The van der Waals surface area contributed by atoms with E-state index in [2.05, 4.69) is 146 Å². The van der Waals surface area contributed by atoms with Crippen molar-refractivity contribution < 1.29 is 13.3 Å². The SMILES string of the molecule is c1ccc2cc3c(cc2c1)oc1c3ccc2c3ccc(-c4c5ccccc5c(-c5ccc6c(c5)oc5ccccc56)c5ccccc45)cc3oc21. The van der Waals surface area contributed by atoms with Gasteiger partial charge in [0.2, 0.25) is 0 Å². The largest absolute Gasteiger partial charge is 0.456 e. The average Bonchev–Trinajstić information content (AvgIpc) is 3.86. The molecule has 0 atom stereocenters. The third-order valence-corrected chi connectivity index (χ3v) is 10.8. The highest BCUT2D eigenvalue weighted by atomic mass is 16.4. The van der Waals surface area contributed by atoms with Gasteiger partial charge in [-0.05, 0) is 109 Å². The topological polar surface area (TPSA) is 39.4 Å². The highest BCUT2D eigenvalue weighted by molar-refractivity contribution is 6.24. The summed E-state index contributed by atoms with van der Waals surface area (Å²) >= 11 is 0. The van der Waals surface area contributed by atoms with Crippen LogP contribution in [0.2, 0.25) is 0 Å². The van der Waals surface area contributed by atoms with E-state index in [1.165, 1.54) is 38.1 Å². The number of hydrogen-bond donors (Lipinski definition) is 0. The van der Waals surface area contributed by atoms with E-state index in [-0.39, 0.29) is 0 Å². The molecule has 0 radical (unpaired) electrons. The third-order valence-electron chi connectivity index (χ3n) is 10.8. The van der Waals surface area contributed by atoms with Crippen LogP contribution in [0.5, 0.6) is 0 Å². The molecular formula is C48H26O3. The van der Waals surface area contributed by atoms with E-state index in [9.17, 15) is 0 Å². The van der Waals surface area contributed by atoms with Gasteiger partial charge in [-0.25, -0.2) is 0 Å². The molecule has 0 aliphatic heterocycles. The average molecular weight is 651 g/mol. The van der Waals surface area contributed by atoms with Crippen LogP contribution >= 0.6 is 0 Å². The van der Waals surface area contributed by atoms with E-state index < -0.39 is 0 Å². The van der Waals surface area contributed by atoms with Gasteiger partial charge in [0.15, 0.2) is 11.2 Å². The standard InChI is InChI=1S/C48H26O3/c1-2-10-28-24-44-40(23-27(28)9-1)39-22-21-38-33-20-18-30(26-43(33)50-47(38)48(39)51-44)46-36-14-5-3-12-34(36)45(35-13-4-6-15-37(35)46)29-17-19-32-31-11-7-8-16-41(31)49-42(32)25-29/h1-26H. The molecule has 12 aromatic rings. The van der Waals surface area contributed by atoms with Crippen molar-refractivity contribution in [3.63, 3.8) is 0 Å². The minimum absolute atomic E-state index is 0.783. The van der Waals surface area contributed by atoms with Crippen LogP contribution in [0.25, 0.3) is 120 Å². The molecule has 12 rings (SSSR count). The molecule has 0 N–H and O–H groups in total. The Morgan fingerprint density at radius 1 is 0.255 bits per heavy atom. The monoisotopic (exact) mass is 650 g/mol. The van der Waals surface area contributed by atoms with Gasteiger partial charge in [-0.3, -0.25) is 0 Å². The zero-order chi connectivity index (χ0) is 33.2. The van der Waals surface area contributed by atoms with Crippen molar-refractivity contribution in [2.75, 3.05) is 0 Å². The van der Waals surface area contributed by atoms with E-state index in [4.69, 9.17) is 13.3 Å². The molecule has 0 saturated heterocycles. The van der Waals surface area contributed by atoms with Crippen LogP contribution < -0.4 is 0 Å². The summed E-state index contributed by atoms with van der Waals surface area (Å²) in [5.74, 6) is 0. The molecule has 3 nitrogen and oxygen atoms in total. The van der Waals surface area contributed by atoms with E-state index >= 15 is 0 Å². The zero-order valence-electron chi connectivity index (χ0n) is 27.2. The maximum Gasteiger partial charge on any atom is 0.178 e. The molecule has 3 aromatic heterocycles. The Labute approximate surface area is 290 Å². The number of hydrogen-bond acceptors (Lipinski definition) is 3. The van der Waals surface area contributed by atoms with Gasteiger partial charge in [0.1, 0.15) is 22.3 Å². The van der Waals surface area contributed by atoms with Crippen LogP contribution in [0.1, 0.15) is 0 Å². The van der Waals surface area contributed by atoms with E-state index in [0.29, 0.717) is 0 Å². The molecule has 51 heavy (non-hydrogen) atoms. The second-order valence-electron chi connectivity index (χ2n) is 13.6. The van der Waals surface area contributed by atoms with Crippen LogP contribution in [0.4, 0.5) is 0 Å². The first-order chi connectivity index (χ1) is 25.3. The molecule has 9 aromatic carbocycles. The molecule has 0 aliphatic carbocycles. The van der Waals surface area contributed by atoms with Crippen LogP contribution in [-0.4, -0.2) is 0 Å². The Hall–Kier alpha value is -6.84. The quantitative estimate of drug-likeness (QED) is 0.175. The fraction of sp³-hybridized carbons (Fsp3) is 0. The van der Waals surface area contributed by atoms with E-state index in [1.807, 2.05) is 12.1 Å². The van der Waals surface area contributed by atoms with Gasteiger partial charge >= 0.3 is 0 Å². The molecule has 0 aliphatic rings. The molecular weight excluding hydrogens is 625 g/mol. The summed E-state index contributed by atoms with van der Waals surface area (Å²) in [7, 11) is 0. The number of benzene rings is 9. The van der Waals surface area contributed by atoms with E-state index in [1.54, 1.807) is 0 Å². The van der Waals surface area contributed by atoms with Gasteiger partial charge in [-0.2, -0.15) is 0 Å². The number of fused-ring (bicyclic) bond motifs is 13. The lowest BCUT2D eigenvalue weighted by molar-refractivity contribution is 0.633. The minimum atomic E-state index is 0.783. The molecule has 0 unspecified atom stereocenters. The highest BCUT2D eigenvalue weighted by Crippen LogP contribution is 2.46. The summed E-state index contributed by atoms with van der Waals surface area (Å²) in [5.41, 5.74) is 9.73. The first-order valence-electron chi connectivity index (χ1n) is 17.3. The van der Waals surface area contributed by atoms with Gasteiger partial charge in [-0.15, -0.1) is 0 Å². The number of rotatable bonds is 2. The lowest BCUT2D eigenvalue weighted by Crippen LogP contribution is -1.90. The minimum Gasteiger partial charge on any atom is -0.456 e. The second-order valence-corrected chi connectivity index (χ2v) is 13.6. The smallest absolute Gasteiger partial charge is 0.178 e. The first kappa shape index (κ1) is 27.0. The van der Waals surface area contributed by atoms with E-state index in [0.717, 1.165) is 82.3 Å². The van der Waals surface area contributed by atoms with Gasteiger partial charge in [0.25, 0.3) is 0 Å². The summed E-state index contributed by atoms with van der Waals surface area (Å²) in [6.07, 6.45) is 0. The normalized spacial score (nSPS) is 12.3. The van der Waals surface area contributed by atoms with Crippen LogP contribution in [-0.2, 0) is 0 Å². The van der Waals surface area contributed by atoms with Crippen molar-refractivity contribution in [2.24, 2.45) is 0 Å². The van der Waals surface area contributed by atoms with Crippen molar-refractivity contribution in [3.8, 4) is 22.3 Å². The first-order valence-corrected chi connectivity index (χ1v) is 17.3. The Bertz CT molecular complexity index is 3370. The second kappa shape index (κ2) is 9.87. The Morgan fingerprint density at radius 2 is 0.667 bits per heavy atom. The number of furan rings is 3. The van der Waals surface area contributed by atoms with Gasteiger partial charge < -0.3 is 13.3 Å². The Kier molecular flexibility index (Phi) is 5.23. The molecule has 0 fully saturated rings. The van der Waals surface area contributed by atoms with Crippen LogP contribution in [0.3, 0.4) is 0 Å². The molecule has 3 heteroatoms. The zero-order valence-corrected chi connectivity index (χ0v) is 27.2. The summed E-state index contributed by atoms with van der Waals surface area (Å²) in [6, 6.07) is 56.1. The van der Waals surface area contributed by atoms with Crippen molar-refractivity contribution in [2.45, 2.75) is 0 Å². The fourth-order valence-corrected chi connectivity index (χ4v) is 8.54. The summed E-state index contributed by atoms with van der Waals surface area (Å²) in [4.78, 5) is 0. The van der Waals surface area contributed by atoms with Crippen LogP contribution in [0.15, 0.2) is 171 Å². The molecule has 0 spiro atoms. The summed E-state index contributed by atoms with van der Waals surface area (Å²) < 4.78 is 19.6. The molecule has 3 heterocycles. The maximum atomic E-state index is 6.73. The van der Waals surface area contributed by atoms with Crippen molar-refractivity contribution in [1.82, 2.24) is 0 Å². The predicted octanol–water partition coefficient (Wildman–Crippen LogP) is 14.2. The highest BCUT2D eigenvalue weighted by Gasteiger charge is 2.20. The fourth-order valence-electron chi connectivity index (χ4n) is 8.54. The van der Waals surface area contributed by atoms with Gasteiger partial charge in [-0.1, -0.05) is 103 Å². The lowest BCUT2D eigenvalue weighted by Gasteiger charge is -2.17. The van der Waals surface area contributed by atoms with Crippen LogP contribution in [0, 0.1) is 0 Å². The number of para-hydroxylation sites is 1. The van der Waals surface area contributed by atoms with Gasteiger partial charge in [0.05, 0.1) is 0 Å². The third kappa shape index (κ3) is 3.72. The summed E-state index contributed by atoms with van der Waals surface area (Å²) in [6.45, 7) is 0. The van der Waals surface area contributed by atoms with Gasteiger partial charge in [0, 0.05) is 32.3 Å². The maximum absolute atomic E-state index is 6.73. The van der Waals surface area contributed by atoms with Crippen molar-refractivity contribution in [1.29, 1.82) is 0 Å². The molecule has 0 bridgehead atoms. The Balaban J connectivity index is 1.09. The molecule has 0 saturated carbocycles. The Morgan fingerprint density at radius 3 is 1.27 bits per heavy atom.